The van der Waals surface area contributed by atoms with Gasteiger partial charge in [-0.05, 0) is 12.8 Å². The molecule has 13 heavy (non-hydrogen) atoms. The van der Waals surface area contributed by atoms with Crippen molar-refractivity contribution in [3.63, 3.8) is 0 Å². The van der Waals surface area contributed by atoms with E-state index in [0.717, 1.165) is 12.8 Å². The van der Waals surface area contributed by atoms with Gasteiger partial charge >= 0.3 is 6.09 Å². The molecule has 0 saturated heterocycles. The van der Waals surface area contributed by atoms with Gasteiger partial charge in [0.05, 0.1) is 0 Å². The van der Waals surface area contributed by atoms with Crippen LogP contribution in [-0.2, 0) is 4.74 Å². The Kier molecular flexibility index (Phi) is 4.98. The summed E-state index contributed by atoms with van der Waals surface area (Å²) < 4.78 is 4.60. The summed E-state index contributed by atoms with van der Waals surface area (Å²) in [5.41, 5.74) is 0. The molecule has 1 fully saturated rings. The van der Waals surface area contributed by atoms with Crippen LogP contribution in [0.3, 0.4) is 0 Å². The van der Waals surface area contributed by atoms with Gasteiger partial charge in [0.1, 0.15) is 0 Å². The molecule has 1 saturated carbocycles. The molecule has 4 heteroatoms. The maximum atomic E-state index is 11.0. The first kappa shape index (κ1) is 10.6. The Hall–Kier alpha value is -0.440. The number of rotatable bonds is 2. The quantitative estimate of drug-likeness (QED) is 0.556. The topological polar surface area (TPSA) is 38.3 Å². The van der Waals surface area contributed by atoms with Gasteiger partial charge < -0.3 is 10.1 Å². The molecule has 0 radical (unpaired) electrons. The van der Waals surface area contributed by atoms with Gasteiger partial charge in [0.15, 0.2) is 6.07 Å². The maximum absolute atomic E-state index is 11.0. The molecule has 0 unspecified atom stereocenters. The highest BCUT2D eigenvalue weighted by Gasteiger charge is 2.14. The number of alkyl halides is 1. The molecule has 0 atom stereocenters. The van der Waals surface area contributed by atoms with Gasteiger partial charge in [-0.15, -0.1) is 0 Å². The average molecular weight is 206 g/mol. The monoisotopic (exact) mass is 205 g/mol. The fourth-order valence-electron chi connectivity index (χ4n) is 1.68. The number of carbonyl (C=O) groups excluding carboxylic acids is 1. The van der Waals surface area contributed by atoms with E-state index in [1.807, 2.05) is 0 Å². The maximum Gasteiger partial charge on any atom is 0.408 e. The lowest BCUT2D eigenvalue weighted by atomic mass is 10.1. The van der Waals surface area contributed by atoms with Gasteiger partial charge in [0.25, 0.3) is 0 Å². The molecule has 0 bridgehead atoms. The number of ether oxygens (including phenoxy) is 1. The zero-order valence-corrected chi connectivity index (χ0v) is 8.48. The van der Waals surface area contributed by atoms with Crippen LogP contribution in [0.15, 0.2) is 0 Å². The first-order valence-electron chi connectivity index (χ1n) is 4.82. The minimum atomic E-state index is -0.387. The van der Waals surface area contributed by atoms with Crippen molar-refractivity contribution < 1.29 is 9.53 Å². The van der Waals surface area contributed by atoms with Crippen molar-refractivity contribution >= 4 is 17.7 Å². The van der Waals surface area contributed by atoms with E-state index in [1.54, 1.807) is 0 Å². The van der Waals surface area contributed by atoms with E-state index in [9.17, 15) is 4.79 Å². The molecule has 1 N–H and O–H groups in total. The smallest absolute Gasteiger partial charge is 0.408 e. The number of carbonyl (C=O) groups is 1. The molecule has 0 heterocycles. The predicted molar refractivity (Wildman–Crippen MR) is 51.8 cm³/mol. The van der Waals surface area contributed by atoms with Crippen LogP contribution in [0.25, 0.3) is 0 Å². The van der Waals surface area contributed by atoms with Crippen molar-refractivity contribution in [2.24, 2.45) is 0 Å². The second-order valence-electron chi connectivity index (χ2n) is 3.37. The van der Waals surface area contributed by atoms with E-state index in [4.69, 9.17) is 11.6 Å². The fraction of sp³-hybridized carbons (Fsp3) is 0.889. The predicted octanol–water partition coefficient (Wildman–Crippen LogP) is 2.63. The Morgan fingerprint density at radius 2 is 1.92 bits per heavy atom. The van der Waals surface area contributed by atoms with Crippen LogP contribution in [-0.4, -0.2) is 18.2 Å². The summed E-state index contributed by atoms with van der Waals surface area (Å²) in [5.74, 6) is 0. The Morgan fingerprint density at radius 1 is 1.31 bits per heavy atom. The highest BCUT2D eigenvalue weighted by molar-refractivity contribution is 6.17. The highest BCUT2D eigenvalue weighted by atomic mass is 35.5. The van der Waals surface area contributed by atoms with E-state index in [-0.39, 0.29) is 12.2 Å². The molecule has 0 aliphatic heterocycles. The number of hydrogen-bond donors (Lipinski definition) is 1. The SMILES string of the molecule is O=C(NC1CCCCCC1)OCCl. The van der Waals surface area contributed by atoms with Gasteiger partial charge in [0, 0.05) is 6.04 Å². The summed E-state index contributed by atoms with van der Waals surface area (Å²) in [7, 11) is 0. The van der Waals surface area contributed by atoms with Crippen LogP contribution in [0, 0.1) is 0 Å². The zero-order chi connectivity index (χ0) is 9.52. The van der Waals surface area contributed by atoms with Gasteiger partial charge in [-0.25, -0.2) is 4.79 Å². The number of halogens is 1. The largest absolute Gasteiger partial charge is 0.433 e. The van der Waals surface area contributed by atoms with Crippen LogP contribution in [0.1, 0.15) is 38.5 Å². The zero-order valence-electron chi connectivity index (χ0n) is 7.72. The van der Waals surface area contributed by atoms with E-state index in [0.29, 0.717) is 6.04 Å². The number of nitrogens with one attached hydrogen (secondary N) is 1. The molecule has 1 aliphatic carbocycles. The van der Waals surface area contributed by atoms with Crippen molar-refractivity contribution in [2.45, 2.75) is 44.6 Å². The Balaban J connectivity index is 2.21. The normalized spacial score (nSPS) is 19.2. The lowest BCUT2D eigenvalue weighted by molar-refractivity contribution is 0.159. The van der Waals surface area contributed by atoms with Gasteiger partial charge in [-0.2, -0.15) is 0 Å². The Labute approximate surface area is 83.8 Å². The summed E-state index contributed by atoms with van der Waals surface area (Å²) in [5, 5.41) is 2.81. The first-order valence-corrected chi connectivity index (χ1v) is 5.35. The van der Waals surface area contributed by atoms with E-state index in [2.05, 4.69) is 10.1 Å². The molecule has 76 valence electrons. The van der Waals surface area contributed by atoms with Gasteiger partial charge in [-0.3, -0.25) is 0 Å². The Morgan fingerprint density at radius 3 is 2.46 bits per heavy atom. The third-order valence-electron chi connectivity index (χ3n) is 2.36. The summed E-state index contributed by atoms with van der Waals surface area (Å²) in [6.45, 7) is 0. The molecule has 0 aromatic carbocycles. The van der Waals surface area contributed by atoms with Crippen LogP contribution >= 0.6 is 11.6 Å². The first-order chi connectivity index (χ1) is 6.33. The van der Waals surface area contributed by atoms with Crippen molar-refractivity contribution in [2.75, 3.05) is 6.07 Å². The standard InChI is InChI=1S/C9H16ClNO2/c10-7-13-9(12)11-8-5-3-1-2-4-6-8/h8H,1-7H2,(H,11,12). The number of hydrogen-bond acceptors (Lipinski definition) is 2. The van der Waals surface area contributed by atoms with Crippen LogP contribution in [0.2, 0.25) is 0 Å². The molecule has 1 rings (SSSR count). The van der Waals surface area contributed by atoms with Gasteiger partial charge in [0.2, 0.25) is 0 Å². The van der Waals surface area contributed by atoms with E-state index >= 15 is 0 Å². The second kappa shape index (κ2) is 6.08. The third-order valence-corrected chi connectivity index (χ3v) is 2.47. The van der Waals surface area contributed by atoms with Crippen LogP contribution < -0.4 is 5.32 Å². The molecule has 0 aromatic rings. The Bertz CT molecular complexity index is 156. The van der Waals surface area contributed by atoms with Crippen LogP contribution in [0.5, 0.6) is 0 Å². The van der Waals surface area contributed by atoms with Gasteiger partial charge in [-0.1, -0.05) is 37.3 Å². The molecule has 1 aliphatic rings. The molecule has 3 nitrogen and oxygen atoms in total. The minimum Gasteiger partial charge on any atom is -0.433 e. The van der Waals surface area contributed by atoms with Crippen molar-refractivity contribution in [1.29, 1.82) is 0 Å². The molecule has 0 aromatic heterocycles. The molecular weight excluding hydrogens is 190 g/mol. The summed E-state index contributed by atoms with van der Waals surface area (Å²) in [6.07, 6.45) is 6.71. The lowest BCUT2D eigenvalue weighted by Gasteiger charge is -2.14. The number of alkyl carbamates (subject to hydrolysis) is 1. The second-order valence-corrected chi connectivity index (χ2v) is 3.59. The minimum absolute atomic E-state index is 0.0709. The van der Waals surface area contributed by atoms with E-state index in [1.165, 1.54) is 25.7 Å². The third kappa shape index (κ3) is 4.36. The fourth-order valence-corrected chi connectivity index (χ4v) is 1.78. The van der Waals surface area contributed by atoms with E-state index < -0.39 is 0 Å². The van der Waals surface area contributed by atoms with Crippen LogP contribution in [0.4, 0.5) is 4.79 Å². The molecule has 1 amide bonds. The summed E-state index contributed by atoms with van der Waals surface area (Å²) in [6, 6.07) is 0.219. The summed E-state index contributed by atoms with van der Waals surface area (Å²) >= 11 is 5.26. The van der Waals surface area contributed by atoms with Crippen molar-refractivity contribution in [1.82, 2.24) is 5.32 Å². The van der Waals surface area contributed by atoms with Crippen molar-refractivity contribution in [3.8, 4) is 0 Å². The molecule has 0 spiro atoms. The highest BCUT2D eigenvalue weighted by Crippen LogP contribution is 2.17. The molecular formula is C9H16ClNO2. The van der Waals surface area contributed by atoms with Crippen molar-refractivity contribution in [3.05, 3.63) is 0 Å². The summed E-state index contributed by atoms with van der Waals surface area (Å²) in [4.78, 5) is 11.0. The number of amides is 1. The average Bonchev–Trinajstić information content (AvgIpc) is 2.33. The lowest BCUT2D eigenvalue weighted by Crippen LogP contribution is -2.34.